The maximum Gasteiger partial charge on any atom is 0.254 e. The summed E-state index contributed by atoms with van der Waals surface area (Å²) in [7, 11) is 0. The number of piperidine rings is 1. The lowest BCUT2D eigenvalue weighted by atomic mass is 10.0. The van der Waals surface area contributed by atoms with Crippen LogP contribution in [0.4, 0.5) is 0 Å². The van der Waals surface area contributed by atoms with Gasteiger partial charge in [-0.3, -0.25) is 9.59 Å². The Morgan fingerprint density at radius 3 is 2.72 bits per heavy atom. The number of hydrogen-bond acceptors (Lipinski definition) is 2. The van der Waals surface area contributed by atoms with Gasteiger partial charge in [0, 0.05) is 18.5 Å². The summed E-state index contributed by atoms with van der Waals surface area (Å²) in [5.41, 5.74) is 3.43. The fourth-order valence-electron chi connectivity index (χ4n) is 2.90. The molecule has 1 amide bonds. The zero-order chi connectivity index (χ0) is 12.5. The van der Waals surface area contributed by atoms with E-state index >= 15 is 0 Å². The summed E-state index contributed by atoms with van der Waals surface area (Å²) in [6, 6.07) is 6.00. The van der Waals surface area contributed by atoms with Gasteiger partial charge in [-0.25, -0.2) is 0 Å². The zero-order valence-electron chi connectivity index (χ0n) is 10.4. The lowest BCUT2D eigenvalue weighted by Gasteiger charge is -2.26. The van der Waals surface area contributed by atoms with Crippen molar-refractivity contribution in [3.63, 3.8) is 0 Å². The molecule has 2 aliphatic rings. The first-order valence-corrected chi connectivity index (χ1v) is 6.67. The first-order valence-electron chi connectivity index (χ1n) is 6.67. The summed E-state index contributed by atoms with van der Waals surface area (Å²) < 4.78 is 0. The standard InChI is InChI=1S/C15H17NO2/c17-14-5-2-8-16(10-14)15(18)13-7-6-11-3-1-4-12(11)9-13/h6-7,9H,1-5,8,10H2. The molecule has 0 unspecified atom stereocenters. The van der Waals surface area contributed by atoms with Gasteiger partial charge in [0.25, 0.3) is 5.91 Å². The van der Waals surface area contributed by atoms with Gasteiger partial charge < -0.3 is 4.90 Å². The number of likely N-dealkylation sites (tertiary alicyclic amines) is 1. The van der Waals surface area contributed by atoms with E-state index in [0.29, 0.717) is 13.0 Å². The first kappa shape index (κ1) is 11.5. The van der Waals surface area contributed by atoms with Gasteiger partial charge >= 0.3 is 0 Å². The predicted octanol–water partition coefficient (Wildman–Crippen LogP) is 1.98. The molecule has 0 spiro atoms. The highest BCUT2D eigenvalue weighted by Gasteiger charge is 2.23. The molecule has 1 saturated heterocycles. The second-order valence-electron chi connectivity index (χ2n) is 5.21. The molecule has 0 saturated carbocycles. The molecule has 0 atom stereocenters. The molecule has 1 aromatic rings. The van der Waals surface area contributed by atoms with Crippen LogP contribution in [-0.4, -0.2) is 29.7 Å². The van der Waals surface area contributed by atoms with Gasteiger partial charge in [-0.15, -0.1) is 0 Å². The van der Waals surface area contributed by atoms with Crippen LogP contribution < -0.4 is 0 Å². The van der Waals surface area contributed by atoms with Gasteiger partial charge in [-0.1, -0.05) is 6.07 Å². The molecule has 1 aliphatic carbocycles. The van der Waals surface area contributed by atoms with Crippen molar-refractivity contribution in [2.24, 2.45) is 0 Å². The van der Waals surface area contributed by atoms with E-state index in [1.807, 2.05) is 12.1 Å². The highest BCUT2D eigenvalue weighted by Crippen LogP contribution is 2.23. The van der Waals surface area contributed by atoms with Gasteiger partial charge in [-0.05, 0) is 48.9 Å². The third-order valence-electron chi connectivity index (χ3n) is 3.88. The van der Waals surface area contributed by atoms with Gasteiger partial charge in [-0.2, -0.15) is 0 Å². The molecule has 0 N–H and O–H groups in total. The normalized spacial score (nSPS) is 18.9. The fourth-order valence-corrected chi connectivity index (χ4v) is 2.90. The average Bonchev–Trinajstić information content (AvgIpc) is 2.85. The van der Waals surface area contributed by atoms with Crippen molar-refractivity contribution < 1.29 is 9.59 Å². The van der Waals surface area contributed by atoms with E-state index in [0.717, 1.165) is 24.8 Å². The molecular weight excluding hydrogens is 226 g/mol. The van der Waals surface area contributed by atoms with Crippen molar-refractivity contribution in [2.45, 2.75) is 32.1 Å². The zero-order valence-corrected chi connectivity index (χ0v) is 10.4. The minimum atomic E-state index is 0.0118. The number of amides is 1. The van der Waals surface area contributed by atoms with Gasteiger partial charge in [0.2, 0.25) is 0 Å². The van der Waals surface area contributed by atoms with Crippen LogP contribution in [0.1, 0.15) is 40.7 Å². The van der Waals surface area contributed by atoms with E-state index in [-0.39, 0.29) is 18.2 Å². The summed E-state index contributed by atoms with van der Waals surface area (Å²) in [4.78, 5) is 25.4. The predicted molar refractivity (Wildman–Crippen MR) is 68.6 cm³/mol. The van der Waals surface area contributed by atoms with Crippen LogP contribution in [-0.2, 0) is 17.6 Å². The number of aryl methyl sites for hydroxylation is 2. The summed E-state index contributed by atoms with van der Waals surface area (Å²) in [5.74, 6) is 0.188. The Morgan fingerprint density at radius 2 is 1.89 bits per heavy atom. The maximum absolute atomic E-state index is 12.3. The number of carbonyl (C=O) groups is 2. The van der Waals surface area contributed by atoms with Crippen LogP contribution in [0.25, 0.3) is 0 Å². The van der Waals surface area contributed by atoms with Crippen LogP contribution in [0, 0.1) is 0 Å². The summed E-state index contributed by atoms with van der Waals surface area (Å²) in [5, 5.41) is 0. The van der Waals surface area contributed by atoms with Crippen molar-refractivity contribution in [1.29, 1.82) is 0 Å². The van der Waals surface area contributed by atoms with E-state index in [4.69, 9.17) is 0 Å². The fraction of sp³-hybridized carbons (Fsp3) is 0.467. The number of hydrogen-bond donors (Lipinski definition) is 0. The van der Waals surface area contributed by atoms with Gasteiger partial charge in [0.05, 0.1) is 6.54 Å². The molecule has 3 heteroatoms. The Kier molecular flexibility index (Phi) is 2.90. The van der Waals surface area contributed by atoms with Crippen LogP contribution in [0.2, 0.25) is 0 Å². The number of fused-ring (bicyclic) bond motifs is 1. The summed E-state index contributed by atoms with van der Waals surface area (Å²) in [6.07, 6.45) is 4.82. The first-order chi connectivity index (χ1) is 8.74. The Morgan fingerprint density at radius 1 is 1.06 bits per heavy atom. The van der Waals surface area contributed by atoms with E-state index < -0.39 is 0 Å². The van der Waals surface area contributed by atoms with Crippen LogP contribution >= 0.6 is 0 Å². The van der Waals surface area contributed by atoms with E-state index in [1.165, 1.54) is 17.5 Å². The molecule has 18 heavy (non-hydrogen) atoms. The lowest BCUT2D eigenvalue weighted by Crippen LogP contribution is -2.40. The van der Waals surface area contributed by atoms with Crippen LogP contribution in [0.15, 0.2) is 18.2 Å². The third kappa shape index (κ3) is 2.05. The molecule has 94 valence electrons. The monoisotopic (exact) mass is 243 g/mol. The number of ketones is 1. The number of rotatable bonds is 1. The largest absolute Gasteiger partial charge is 0.331 e. The minimum Gasteiger partial charge on any atom is -0.331 e. The SMILES string of the molecule is O=C1CCCN(C(=O)c2ccc3c(c2)CCC3)C1. The molecular formula is C15H17NO2. The number of Topliss-reactive ketones (excluding diaryl/α,β-unsaturated/α-hetero) is 1. The lowest BCUT2D eigenvalue weighted by molar-refractivity contribution is -0.121. The third-order valence-corrected chi connectivity index (χ3v) is 3.88. The Balaban J connectivity index is 1.81. The smallest absolute Gasteiger partial charge is 0.254 e. The molecule has 1 heterocycles. The highest BCUT2D eigenvalue weighted by atomic mass is 16.2. The molecule has 1 aromatic carbocycles. The number of nitrogens with zero attached hydrogens (tertiary/aromatic N) is 1. The van der Waals surface area contributed by atoms with E-state index in [9.17, 15) is 9.59 Å². The Labute approximate surface area is 107 Å². The summed E-state index contributed by atoms with van der Waals surface area (Å²) in [6.45, 7) is 0.998. The molecule has 3 rings (SSSR count). The Bertz CT molecular complexity index is 507. The Hall–Kier alpha value is -1.64. The van der Waals surface area contributed by atoms with Crippen molar-refractivity contribution in [2.75, 3.05) is 13.1 Å². The van der Waals surface area contributed by atoms with Crippen molar-refractivity contribution in [1.82, 2.24) is 4.90 Å². The van der Waals surface area contributed by atoms with Crippen molar-refractivity contribution >= 4 is 11.7 Å². The summed E-state index contributed by atoms with van der Waals surface area (Å²) >= 11 is 0. The maximum atomic E-state index is 12.3. The topological polar surface area (TPSA) is 37.4 Å². The second-order valence-corrected chi connectivity index (χ2v) is 5.21. The molecule has 3 nitrogen and oxygen atoms in total. The highest BCUT2D eigenvalue weighted by molar-refractivity contribution is 5.97. The van der Waals surface area contributed by atoms with Crippen LogP contribution in [0.3, 0.4) is 0 Å². The molecule has 1 fully saturated rings. The quantitative estimate of drug-likeness (QED) is 0.756. The van der Waals surface area contributed by atoms with E-state index in [1.54, 1.807) is 4.90 Å². The van der Waals surface area contributed by atoms with E-state index in [2.05, 4.69) is 6.07 Å². The molecule has 0 bridgehead atoms. The van der Waals surface area contributed by atoms with Gasteiger partial charge in [0.15, 0.2) is 5.78 Å². The van der Waals surface area contributed by atoms with Gasteiger partial charge in [0.1, 0.15) is 0 Å². The van der Waals surface area contributed by atoms with Crippen LogP contribution in [0.5, 0.6) is 0 Å². The molecule has 1 aliphatic heterocycles. The number of carbonyl (C=O) groups excluding carboxylic acids is 2. The second kappa shape index (κ2) is 4.56. The average molecular weight is 243 g/mol. The molecule has 0 radical (unpaired) electrons. The molecule has 0 aromatic heterocycles. The van der Waals surface area contributed by atoms with Crippen molar-refractivity contribution in [3.8, 4) is 0 Å². The number of benzene rings is 1. The minimum absolute atomic E-state index is 0.0118. The van der Waals surface area contributed by atoms with Crippen molar-refractivity contribution in [3.05, 3.63) is 34.9 Å².